The molecule has 1 amide bonds. The zero-order chi connectivity index (χ0) is 10.4. The first-order valence-electron chi connectivity index (χ1n) is 4.35. The molecule has 0 aromatic heterocycles. The minimum Gasteiger partial charge on any atom is -0.508 e. The van der Waals surface area contributed by atoms with Crippen LogP contribution in [0.15, 0.2) is 29.2 Å². The molecule has 0 unspecified atom stereocenters. The number of rotatable bonds is 4. The zero-order valence-electron chi connectivity index (χ0n) is 7.99. The number of benzene rings is 1. The highest BCUT2D eigenvalue weighted by Gasteiger charge is 1.95. The van der Waals surface area contributed by atoms with Crippen LogP contribution in [0.3, 0.4) is 0 Å². The van der Waals surface area contributed by atoms with E-state index in [-0.39, 0.29) is 11.7 Å². The fourth-order valence-corrected chi connectivity index (χ4v) is 1.79. The molecule has 0 fully saturated rings. The summed E-state index contributed by atoms with van der Waals surface area (Å²) >= 11 is 1.60. The summed E-state index contributed by atoms with van der Waals surface area (Å²) in [5.74, 6) is 1.07. The molecule has 0 aliphatic heterocycles. The summed E-state index contributed by atoms with van der Waals surface area (Å²) in [7, 11) is 0. The highest BCUT2D eigenvalue weighted by atomic mass is 32.2. The maximum atomic E-state index is 10.5. The molecule has 1 aromatic rings. The van der Waals surface area contributed by atoms with Gasteiger partial charge in [-0.15, -0.1) is 11.8 Å². The van der Waals surface area contributed by atoms with E-state index in [4.69, 9.17) is 0 Å². The lowest BCUT2D eigenvalue weighted by atomic mass is 10.3. The lowest BCUT2D eigenvalue weighted by molar-refractivity contribution is -0.118. The average Bonchev–Trinajstić information content (AvgIpc) is 2.12. The van der Waals surface area contributed by atoms with Crippen LogP contribution in [0.4, 0.5) is 0 Å². The van der Waals surface area contributed by atoms with Gasteiger partial charge in [0.05, 0.1) is 0 Å². The van der Waals surface area contributed by atoms with Crippen LogP contribution in [-0.4, -0.2) is 23.3 Å². The molecule has 0 radical (unpaired) electrons. The van der Waals surface area contributed by atoms with E-state index < -0.39 is 0 Å². The van der Waals surface area contributed by atoms with E-state index in [0.29, 0.717) is 6.54 Å². The first-order valence-corrected chi connectivity index (χ1v) is 5.33. The van der Waals surface area contributed by atoms with E-state index >= 15 is 0 Å². The number of phenolic OH excluding ortho intramolecular Hbond substituents is 1. The molecular formula is C10H13NO2S. The van der Waals surface area contributed by atoms with E-state index in [1.165, 1.54) is 6.92 Å². The van der Waals surface area contributed by atoms with Crippen LogP contribution in [-0.2, 0) is 4.79 Å². The number of amides is 1. The Morgan fingerprint density at radius 1 is 1.57 bits per heavy atom. The molecule has 0 aliphatic carbocycles. The second kappa shape index (κ2) is 5.54. The van der Waals surface area contributed by atoms with Gasteiger partial charge in [0.25, 0.3) is 0 Å². The van der Waals surface area contributed by atoms with Gasteiger partial charge in [0.1, 0.15) is 5.75 Å². The number of carbonyl (C=O) groups excluding carboxylic acids is 1. The molecule has 0 aliphatic rings. The molecule has 0 saturated carbocycles. The number of aromatic hydroxyl groups is 1. The van der Waals surface area contributed by atoms with Crippen LogP contribution in [0.25, 0.3) is 0 Å². The van der Waals surface area contributed by atoms with Crippen molar-refractivity contribution in [3.05, 3.63) is 24.3 Å². The molecular weight excluding hydrogens is 198 g/mol. The average molecular weight is 211 g/mol. The van der Waals surface area contributed by atoms with Crippen molar-refractivity contribution in [3.8, 4) is 5.75 Å². The molecule has 1 aromatic carbocycles. The van der Waals surface area contributed by atoms with Crippen LogP contribution in [0.1, 0.15) is 6.92 Å². The Labute approximate surface area is 87.5 Å². The predicted octanol–water partition coefficient (Wildman–Crippen LogP) is 1.62. The Kier molecular flexibility index (Phi) is 4.32. The number of hydrogen-bond donors (Lipinski definition) is 2. The van der Waals surface area contributed by atoms with E-state index in [1.807, 2.05) is 6.07 Å². The lowest BCUT2D eigenvalue weighted by Crippen LogP contribution is -2.22. The zero-order valence-corrected chi connectivity index (χ0v) is 8.80. The summed E-state index contributed by atoms with van der Waals surface area (Å²) < 4.78 is 0. The van der Waals surface area contributed by atoms with Gasteiger partial charge in [0.15, 0.2) is 0 Å². The van der Waals surface area contributed by atoms with Crippen molar-refractivity contribution >= 4 is 17.7 Å². The van der Waals surface area contributed by atoms with Crippen molar-refractivity contribution < 1.29 is 9.90 Å². The smallest absolute Gasteiger partial charge is 0.216 e. The molecule has 0 spiro atoms. The molecule has 0 heterocycles. The van der Waals surface area contributed by atoms with Crippen molar-refractivity contribution in [1.29, 1.82) is 0 Å². The molecule has 14 heavy (non-hydrogen) atoms. The maximum absolute atomic E-state index is 10.5. The van der Waals surface area contributed by atoms with Crippen LogP contribution >= 0.6 is 11.8 Å². The molecule has 1 rings (SSSR count). The molecule has 4 heteroatoms. The highest BCUT2D eigenvalue weighted by Crippen LogP contribution is 2.21. The summed E-state index contributed by atoms with van der Waals surface area (Å²) in [6, 6.07) is 7.07. The van der Waals surface area contributed by atoms with E-state index in [0.717, 1.165) is 10.6 Å². The minimum atomic E-state index is -0.0125. The van der Waals surface area contributed by atoms with Gasteiger partial charge in [-0.05, 0) is 18.2 Å². The van der Waals surface area contributed by atoms with Crippen LogP contribution in [0.2, 0.25) is 0 Å². The van der Waals surface area contributed by atoms with Crippen molar-refractivity contribution in [2.45, 2.75) is 11.8 Å². The van der Waals surface area contributed by atoms with E-state index in [9.17, 15) is 9.90 Å². The van der Waals surface area contributed by atoms with Crippen molar-refractivity contribution in [1.82, 2.24) is 5.32 Å². The summed E-state index contributed by atoms with van der Waals surface area (Å²) in [4.78, 5) is 11.6. The Morgan fingerprint density at radius 3 is 3.00 bits per heavy atom. The van der Waals surface area contributed by atoms with E-state index in [2.05, 4.69) is 5.32 Å². The summed E-state index contributed by atoms with van der Waals surface area (Å²) in [6.07, 6.45) is 0. The van der Waals surface area contributed by atoms with Crippen LogP contribution < -0.4 is 5.32 Å². The third-order valence-corrected chi connectivity index (χ3v) is 2.56. The van der Waals surface area contributed by atoms with Gasteiger partial charge in [0.2, 0.25) is 5.91 Å². The molecule has 3 nitrogen and oxygen atoms in total. The number of phenols is 1. The first-order chi connectivity index (χ1) is 6.68. The van der Waals surface area contributed by atoms with Crippen molar-refractivity contribution in [3.63, 3.8) is 0 Å². The number of nitrogens with one attached hydrogen (secondary N) is 1. The van der Waals surface area contributed by atoms with Gasteiger partial charge >= 0.3 is 0 Å². The van der Waals surface area contributed by atoms with Crippen molar-refractivity contribution in [2.75, 3.05) is 12.3 Å². The van der Waals surface area contributed by atoms with Gasteiger partial charge in [-0.3, -0.25) is 4.79 Å². The van der Waals surface area contributed by atoms with Crippen LogP contribution in [0.5, 0.6) is 5.75 Å². The third-order valence-electron chi connectivity index (χ3n) is 1.56. The topological polar surface area (TPSA) is 49.3 Å². The third kappa shape index (κ3) is 4.18. The predicted molar refractivity (Wildman–Crippen MR) is 57.5 cm³/mol. The molecule has 0 atom stereocenters. The monoisotopic (exact) mass is 211 g/mol. The Hall–Kier alpha value is -1.16. The second-order valence-electron chi connectivity index (χ2n) is 2.83. The summed E-state index contributed by atoms with van der Waals surface area (Å²) in [5, 5.41) is 11.9. The quantitative estimate of drug-likeness (QED) is 0.587. The lowest BCUT2D eigenvalue weighted by Gasteiger charge is -2.02. The van der Waals surface area contributed by atoms with E-state index in [1.54, 1.807) is 30.0 Å². The summed E-state index contributed by atoms with van der Waals surface area (Å²) in [5.41, 5.74) is 0. The normalized spacial score (nSPS) is 9.79. The molecule has 0 saturated heterocycles. The van der Waals surface area contributed by atoms with Crippen molar-refractivity contribution in [2.24, 2.45) is 0 Å². The largest absolute Gasteiger partial charge is 0.508 e. The Balaban J connectivity index is 2.28. The van der Waals surface area contributed by atoms with Gasteiger partial charge in [-0.1, -0.05) is 6.07 Å². The van der Waals surface area contributed by atoms with Gasteiger partial charge < -0.3 is 10.4 Å². The fraction of sp³-hybridized carbons (Fsp3) is 0.300. The highest BCUT2D eigenvalue weighted by molar-refractivity contribution is 7.99. The van der Waals surface area contributed by atoms with Gasteiger partial charge in [0, 0.05) is 24.1 Å². The Bertz CT molecular complexity index is 315. The first kappa shape index (κ1) is 10.9. The molecule has 76 valence electrons. The van der Waals surface area contributed by atoms with Gasteiger partial charge in [-0.25, -0.2) is 0 Å². The number of carbonyl (C=O) groups is 1. The number of hydrogen-bond acceptors (Lipinski definition) is 3. The SMILES string of the molecule is CC(=O)NCCSc1cccc(O)c1. The van der Waals surface area contributed by atoms with Crippen LogP contribution in [0, 0.1) is 0 Å². The Morgan fingerprint density at radius 2 is 2.36 bits per heavy atom. The minimum absolute atomic E-state index is 0.0125. The molecule has 2 N–H and O–H groups in total. The summed E-state index contributed by atoms with van der Waals surface area (Å²) in [6.45, 7) is 2.15. The standard InChI is InChI=1S/C10H13NO2S/c1-8(12)11-5-6-14-10-4-2-3-9(13)7-10/h2-4,7,13H,5-6H2,1H3,(H,11,12). The van der Waals surface area contributed by atoms with Gasteiger partial charge in [-0.2, -0.15) is 0 Å². The fourth-order valence-electron chi connectivity index (χ4n) is 0.969. The maximum Gasteiger partial charge on any atom is 0.216 e. The molecule has 0 bridgehead atoms. The second-order valence-corrected chi connectivity index (χ2v) is 4.00. The number of thioether (sulfide) groups is 1.